The van der Waals surface area contributed by atoms with Gasteiger partial charge in [0.05, 0.1) is 31.3 Å². The Bertz CT molecular complexity index is 1130. The third-order valence-electron chi connectivity index (χ3n) is 6.93. The number of fused-ring (bicyclic) bond motifs is 1. The van der Waals surface area contributed by atoms with Crippen molar-refractivity contribution in [1.29, 1.82) is 0 Å². The van der Waals surface area contributed by atoms with Crippen LogP contribution >= 0.6 is 11.6 Å². The van der Waals surface area contributed by atoms with Crippen LogP contribution in [0.5, 0.6) is 5.75 Å². The Labute approximate surface area is 218 Å². The van der Waals surface area contributed by atoms with E-state index in [-0.39, 0.29) is 29.8 Å². The highest BCUT2D eigenvalue weighted by Crippen LogP contribution is 2.41. The maximum atomic E-state index is 13.0. The highest BCUT2D eigenvalue weighted by Gasteiger charge is 2.35. The van der Waals surface area contributed by atoms with Gasteiger partial charge in [0.1, 0.15) is 5.75 Å². The van der Waals surface area contributed by atoms with Gasteiger partial charge in [0, 0.05) is 35.8 Å². The summed E-state index contributed by atoms with van der Waals surface area (Å²) in [6.45, 7) is 3.02. The molecule has 10 heteroatoms. The first-order chi connectivity index (χ1) is 17.4. The largest absolute Gasteiger partial charge is 0.508 e. The van der Waals surface area contributed by atoms with E-state index < -0.39 is 10.0 Å². The number of benzene rings is 2. The first-order valence-corrected chi connectivity index (χ1v) is 14.5. The van der Waals surface area contributed by atoms with Crippen LogP contribution in [0.1, 0.15) is 42.0 Å². The molecule has 1 saturated heterocycles. The number of rotatable bonds is 12. The molecule has 1 unspecified atom stereocenters. The monoisotopic (exact) mass is 537 g/mol. The standard InChI is InChI=1S/C26H36ClN3O5S/c27-21-5-4-19-16-22(17-20(19)15-21)30-10-2-1-3-25(30)24-18-23(6-7-26(24)31)36(32,33)29-9-12-35-14-13-34-11-8-28/h4-7,15,18,22,25,29,31H,1-3,8-14,16-17,28H2/t22-,25?/m0/s1. The van der Waals surface area contributed by atoms with Gasteiger partial charge in [-0.2, -0.15) is 0 Å². The lowest BCUT2D eigenvalue weighted by molar-refractivity contribution is 0.0530. The number of phenolic OH excluding ortho intramolecular Hbond substituents is 1. The Morgan fingerprint density at radius 1 is 1.03 bits per heavy atom. The number of nitrogens with one attached hydrogen (secondary N) is 1. The molecule has 0 saturated carbocycles. The Kier molecular flexibility index (Phi) is 9.63. The molecule has 0 spiro atoms. The summed E-state index contributed by atoms with van der Waals surface area (Å²) in [6, 6.07) is 10.9. The number of hydrogen-bond donors (Lipinski definition) is 3. The summed E-state index contributed by atoms with van der Waals surface area (Å²) in [5, 5.41) is 11.5. The number of sulfonamides is 1. The molecule has 8 nitrogen and oxygen atoms in total. The zero-order valence-electron chi connectivity index (χ0n) is 20.5. The van der Waals surface area contributed by atoms with Crippen molar-refractivity contribution in [2.45, 2.75) is 49.1 Å². The molecule has 1 aliphatic heterocycles. The molecule has 2 aliphatic rings. The van der Waals surface area contributed by atoms with E-state index in [1.54, 1.807) is 6.07 Å². The molecule has 0 aromatic heterocycles. The van der Waals surface area contributed by atoms with Crippen LogP contribution in [-0.4, -0.2) is 70.5 Å². The average Bonchev–Trinajstić information content (AvgIpc) is 3.29. The highest BCUT2D eigenvalue weighted by atomic mass is 35.5. The van der Waals surface area contributed by atoms with Gasteiger partial charge in [-0.05, 0) is 73.7 Å². The number of nitrogens with zero attached hydrogens (tertiary/aromatic N) is 1. The molecule has 4 N–H and O–H groups in total. The van der Waals surface area contributed by atoms with Gasteiger partial charge in [-0.3, -0.25) is 4.90 Å². The molecule has 0 amide bonds. The highest BCUT2D eigenvalue weighted by molar-refractivity contribution is 7.89. The van der Waals surface area contributed by atoms with Crippen LogP contribution in [-0.2, 0) is 32.3 Å². The summed E-state index contributed by atoms with van der Waals surface area (Å²) < 4.78 is 39.1. The van der Waals surface area contributed by atoms with Crippen molar-refractivity contribution in [1.82, 2.24) is 9.62 Å². The Balaban J connectivity index is 1.42. The second-order valence-corrected chi connectivity index (χ2v) is 11.6. The molecule has 1 fully saturated rings. The smallest absolute Gasteiger partial charge is 0.240 e. The molecule has 1 heterocycles. The molecular formula is C26H36ClN3O5S. The first kappa shape index (κ1) is 27.3. The van der Waals surface area contributed by atoms with Crippen molar-refractivity contribution in [3.8, 4) is 5.75 Å². The maximum absolute atomic E-state index is 13.0. The lowest BCUT2D eigenvalue weighted by Gasteiger charge is -2.40. The third kappa shape index (κ3) is 6.77. The van der Waals surface area contributed by atoms with Gasteiger partial charge in [0.2, 0.25) is 10.0 Å². The van der Waals surface area contributed by atoms with Crippen LogP contribution in [0.25, 0.3) is 0 Å². The topological polar surface area (TPSA) is 114 Å². The minimum absolute atomic E-state index is 0.0412. The molecule has 0 radical (unpaired) electrons. The number of hydrogen-bond acceptors (Lipinski definition) is 7. The number of aromatic hydroxyl groups is 1. The van der Waals surface area contributed by atoms with E-state index in [0.717, 1.165) is 43.7 Å². The molecule has 198 valence electrons. The van der Waals surface area contributed by atoms with Crippen molar-refractivity contribution >= 4 is 21.6 Å². The van der Waals surface area contributed by atoms with E-state index in [1.807, 2.05) is 12.1 Å². The van der Waals surface area contributed by atoms with E-state index in [9.17, 15) is 13.5 Å². The van der Waals surface area contributed by atoms with Gasteiger partial charge in [0.25, 0.3) is 0 Å². The number of ether oxygens (including phenoxy) is 2. The summed E-state index contributed by atoms with van der Waals surface area (Å²) in [5.74, 6) is 0.130. The molecule has 36 heavy (non-hydrogen) atoms. The molecule has 0 bridgehead atoms. The third-order valence-corrected chi connectivity index (χ3v) is 8.63. The molecular weight excluding hydrogens is 502 g/mol. The van der Waals surface area contributed by atoms with Crippen LogP contribution < -0.4 is 10.5 Å². The van der Waals surface area contributed by atoms with Gasteiger partial charge in [-0.1, -0.05) is 24.1 Å². The normalized spacial score (nSPS) is 20.5. The quantitative estimate of drug-likeness (QED) is 0.357. The second kappa shape index (κ2) is 12.7. The van der Waals surface area contributed by atoms with Gasteiger partial charge < -0.3 is 20.3 Å². The summed E-state index contributed by atoms with van der Waals surface area (Å²) in [6.07, 6.45) is 4.83. The van der Waals surface area contributed by atoms with Gasteiger partial charge in [-0.15, -0.1) is 0 Å². The minimum atomic E-state index is -3.75. The van der Waals surface area contributed by atoms with Crippen molar-refractivity contribution in [2.24, 2.45) is 5.73 Å². The van der Waals surface area contributed by atoms with Crippen LogP contribution in [0.15, 0.2) is 41.3 Å². The number of piperidine rings is 1. The predicted molar refractivity (Wildman–Crippen MR) is 140 cm³/mol. The number of nitrogens with two attached hydrogens (primary N) is 1. The van der Waals surface area contributed by atoms with Gasteiger partial charge in [-0.25, -0.2) is 13.1 Å². The van der Waals surface area contributed by atoms with E-state index >= 15 is 0 Å². The lowest BCUT2D eigenvalue weighted by atomic mass is 9.92. The Hall–Kier alpha value is -1.72. The van der Waals surface area contributed by atoms with Crippen molar-refractivity contribution < 1.29 is 23.0 Å². The summed E-state index contributed by atoms with van der Waals surface area (Å²) in [7, 11) is -3.75. The van der Waals surface area contributed by atoms with Crippen LogP contribution in [0.3, 0.4) is 0 Å². The van der Waals surface area contributed by atoms with Crippen molar-refractivity contribution in [3.63, 3.8) is 0 Å². The van der Waals surface area contributed by atoms with E-state index in [0.29, 0.717) is 38.0 Å². The minimum Gasteiger partial charge on any atom is -0.508 e. The van der Waals surface area contributed by atoms with E-state index in [2.05, 4.69) is 15.7 Å². The van der Waals surface area contributed by atoms with E-state index in [1.165, 1.54) is 23.3 Å². The predicted octanol–water partition coefficient (Wildman–Crippen LogP) is 3.01. The van der Waals surface area contributed by atoms with Crippen molar-refractivity contribution in [3.05, 3.63) is 58.1 Å². The zero-order chi connectivity index (χ0) is 25.5. The molecule has 2 aromatic carbocycles. The van der Waals surface area contributed by atoms with Crippen LogP contribution in [0, 0.1) is 0 Å². The molecule has 1 aliphatic carbocycles. The fourth-order valence-corrected chi connectivity index (χ4v) is 6.47. The second-order valence-electron chi connectivity index (χ2n) is 9.36. The zero-order valence-corrected chi connectivity index (χ0v) is 22.1. The molecule has 2 atom stereocenters. The molecule has 4 rings (SSSR count). The van der Waals surface area contributed by atoms with Crippen LogP contribution in [0.2, 0.25) is 5.02 Å². The van der Waals surface area contributed by atoms with Gasteiger partial charge in [0.15, 0.2) is 0 Å². The van der Waals surface area contributed by atoms with Crippen LogP contribution in [0.4, 0.5) is 0 Å². The van der Waals surface area contributed by atoms with Gasteiger partial charge >= 0.3 is 0 Å². The van der Waals surface area contributed by atoms with Crippen molar-refractivity contribution in [2.75, 3.05) is 46.1 Å². The SMILES string of the molecule is NCCOCCOCCNS(=O)(=O)c1ccc(O)c(C2CCCCN2[C@H]2Cc3ccc(Cl)cc3C2)c1. The number of halogens is 1. The lowest BCUT2D eigenvalue weighted by Crippen LogP contribution is -2.42. The number of phenols is 1. The molecule has 2 aromatic rings. The number of likely N-dealkylation sites (tertiary alicyclic amines) is 1. The fraction of sp³-hybridized carbons (Fsp3) is 0.538. The Morgan fingerprint density at radius 2 is 1.81 bits per heavy atom. The fourth-order valence-electron chi connectivity index (χ4n) is 5.23. The summed E-state index contributed by atoms with van der Waals surface area (Å²) >= 11 is 6.21. The van der Waals surface area contributed by atoms with E-state index in [4.69, 9.17) is 26.8 Å². The maximum Gasteiger partial charge on any atom is 0.240 e. The summed E-state index contributed by atoms with van der Waals surface area (Å²) in [4.78, 5) is 2.59. The first-order valence-electron chi connectivity index (χ1n) is 12.6. The average molecular weight is 538 g/mol. The Morgan fingerprint density at radius 3 is 2.61 bits per heavy atom. The summed E-state index contributed by atoms with van der Waals surface area (Å²) in [5.41, 5.74) is 8.61.